The second kappa shape index (κ2) is 15.3. The van der Waals surface area contributed by atoms with Gasteiger partial charge in [0, 0.05) is 62.3 Å². The number of benzene rings is 2. The molecule has 2 unspecified atom stereocenters. The predicted molar refractivity (Wildman–Crippen MR) is 180 cm³/mol. The predicted octanol–water partition coefficient (Wildman–Crippen LogP) is 0.184. The minimum atomic E-state index is -0.725. The molecule has 6 rings (SSSR count). The maximum absolute atomic E-state index is 13.0. The average molecular weight is 697 g/mol. The van der Waals surface area contributed by atoms with Crippen LogP contribution in [0.2, 0.25) is 0 Å². The molecule has 2 aromatic rings. The number of nitrogens with zero attached hydrogens (tertiary/aromatic N) is 2. The topological polar surface area (TPSA) is 200 Å². The van der Waals surface area contributed by atoms with Crippen LogP contribution in [0.1, 0.15) is 68.7 Å². The Morgan fingerprint density at radius 3 is 1.53 bits per heavy atom. The van der Waals surface area contributed by atoms with Gasteiger partial charge in [0.2, 0.25) is 35.4 Å². The van der Waals surface area contributed by atoms with Crippen molar-refractivity contribution in [3.8, 4) is 0 Å². The number of imide groups is 2. The highest BCUT2D eigenvalue weighted by Gasteiger charge is 2.41. The first-order valence-electron chi connectivity index (χ1n) is 16.6. The van der Waals surface area contributed by atoms with E-state index in [4.69, 9.17) is 4.74 Å². The van der Waals surface area contributed by atoms with E-state index < -0.39 is 23.9 Å². The highest BCUT2D eigenvalue weighted by molar-refractivity contribution is 6.07. The van der Waals surface area contributed by atoms with Crippen LogP contribution >= 0.6 is 0 Å². The van der Waals surface area contributed by atoms with Gasteiger partial charge in [0.1, 0.15) is 12.1 Å². The number of hydrogen-bond acceptors (Lipinski definition) is 9. The number of amides is 8. The van der Waals surface area contributed by atoms with E-state index >= 15 is 0 Å². The van der Waals surface area contributed by atoms with Gasteiger partial charge in [-0.3, -0.25) is 49.0 Å². The molecular weight excluding hydrogens is 660 g/mol. The van der Waals surface area contributed by atoms with E-state index in [1.165, 1.54) is 22.0 Å². The van der Waals surface area contributed by atoms with Gasteiger partial charge in [-0.1, -0.05) is 24.3 Å². The lowest BCUT2D eigenvalue weighted by Gasteiger charge is -2.29. The smallest absolute Gasteiger partial charge is 0.255 e. The summed E-state index contributed by atoms with van der Waals surface area (Å²) in [6, 6.07) is 8.88. The van der Waals surface area contributed by atoms with Crippen LogP contribution in [0.15, 0.2) is 48.6 Å². The van der Waals surface area contributed by atoms with Crippen LogP contribution in [0, 0.1) is 0 Å². The van der Waals surface area contributed by atoms with Gasteiger partial charge in [-0.25, -0.2) is 0 Å². The molecule has 0 spiro atoms. The molecule has 8 amide bonds. The molecule has 4 heterocycles. The molecule has 15 nitrogen and oxygen atoms in total. The Hall–Kier alpha value is -5.96. The fraction of sp³-hybridized carbons (Fsp3) is 0.333. The molecule has 2 fully saturated rings. The molecule has 4 aliphatic heterocycles. The first-order chi connectivity index (χ1) is 24.6. The van der Waals surface area contributed by atoms with Gasteiger partial charge >= 0.3 is 0 Å². The molecule has 264 valence electrons. The summed E-state index contributed by atoms with van der Waals surface area (Å²) >= 11 is 0. The number of rotatable bonds is 12. The fourth-order valence-electron chi connectivity index (χ4n) is 6.58. The number of hydrogen-bond donors (Lipinski definition) is 4. The van der Waals surface area contributed by atoms with Crippen LogP contribution in [0.5, 0.6) is 0 Å². The quantitative estimate of drug-likeness (QED) is 0.136. The van der Waals surface area contributed by atoms with Crippen LogP contribution in [0.4, 0.5) is 0 Å². The third-order valence-electron chi connectivity index (χ3n) is 9.16. The minimum absolute atomic E-state index is 0.164. The van der Waals surface area contributed by atoms with Crippen molar-refractivity contribution >= 4 is 59.4 Å². The number of fused-ring (bicyclic) bond motifs is 2. The van der Waals surface area contributed by atoms with Gasteiger partial charge < -0.3 is 25.2 Å². The first-order valence-corrected chi connectivity index (χ1v) is 16.6. The first kappa shape index (κ1) is 34.9. The van der Waals surface area contributed by atoms with Crippen LogP contribution in [0.25, 0.3) is 12.2 Å². The lowest BCUT2D eigenvalue weighted by molar-refractivity contribution is -0.138. The second-order valence-electron chi connectivity index (χ2n) is 12.4. The molecular formula is C36H36N6O9. The van der Waals surface area contributed by atoms with Gasteiger partial charge in [-0.15, -0.1) is 0 Å². The van der Waals surface area contributed by atoms with Crippen molar-refractivity contribution in [2.75, 3.05) is 26.3 Å². The Labute approximate surface area is 292 Å². The summed E-state index contributed by atoms with van der Waals surface area (Å²) in [4.78, 5) is 101. The lowest BCUT2D eigenvalue weighted by Crippen LogP contribution is -2.52. The van der Waals surface area contributed by atoms with E-state index in [9.17, 15) is 38.4 Å². The maximum atomic E-state index is 13.0. The third kappa shape index (κ3) is 7.78. The molecule has 4 aliphatic rings. The minimum Gasteiger partial charge on any atom is -0.378 e. The largest absolute Gasteiger partial charge is 0.378 e. The average Bonchev–Trinajstić information content (AvgIpc) is 3.62. The van der Waals surface area contributed by atoms with E-state index in [1.807, 2.05) is 0 Å². The Morgan fingerprint density at radius 1 is 0.686 bits per heavy atom. The third-order valence-corrected chi connectivity index (χ3v) is 9.16. The number of piperidine rings is 2. The molecule has 0 aromatic heterocycles. The van der Waals surface area contributed by atoms with Crippen LogP contribution in [0.3, 0.4) is 0 Å². The summed E-state index contributed by atoms with van der Waals surface area (Å²) in [6.45, 7) is 1.25. The zero-order valence-electron chi connectivity index (χ0n) is 27.6. The van der Waals surface area contributed by atoms with Crippen molar-refractivity contribution < 1.29 is 43.1 Å². The van der Waals surface area contributed by atoms with E-state index in [0.29, 0.717) is 33.4 Å². The van der Waals surface area contributed by atoms with Gasteiger partial charge in [-0.2, -0.15) is 0 Å². The Kier molecular flexibility index (Phi) is 10.5. The van der Waals surface area contributed by atoms with Gasteiger partial charge in [0.05, 0.1) is 13.2 Å². The van der Waals surface area contributed by atoms with E-state index in [-0.39, 0.29) is 101 Å². The summed E-state index contributed by atoms with van der Waals surface area (Å²) < 4.78 is 5.50. The van der Waals surface area contributed by atoms with E-state index in [1.54, 1.807) is 48.6 Å². The normalized spacial score (nSPS) is 20.2. The summed E-state index contributed by atoms with van der Waals surface area (Å²) in [5.74, 6) is -3.00. The number of ether oxygens (including phenoxy) is 1. The van der Waals surface area contributed by atoms with Crippen molar-refractivity contribution in [3.05, 3.63) is 81.9 Å². The molecule has 0 aliphatic carbocycles. The number of carbonyl (C=O) groups excluding carboxylic acids is 8. The molecule has 0 saturated carbocycles. The maximum Gasteiger partial charge on any atom is 0.255 e. The second-order valence-corrected chi connectivity index (χ2v) is 12.4. The molecule has 2 atom stereocenters. The molecule has 0 bridgehead atoms. The van der Waals surface area contributed by atoms with Crippen LogP contribution in [-0.4, -0.2) is 95.4 Å². The summed E-state index contributed by atoms with van der Waals surface area (Å²) in [5, 5.41) is 9.99. The zero-order valence-corrected chi connectivity index (χ0v) is 27.6. The van der Waals surface area contributed by atoms with Crippen molar-refractivity contribution in [1.82, 2.24) is 31.1 Å². The SMILES string of the molecule is O=C(/C=C/c1cccc2c1CN(C1CCC(=O)NC1=O)C2=O)NCCOCCNC(=O)/C=C/c1cccc2c1CN(C1CCC(=O)NC1=O)C2=O. The fourth-order valence-corrected chi connectivity index (χ4v) is 6.58. The van der Waals surface area contributed by atoms with Crippen molar-refractivity contribution in [1.29, 1.82) is 0 Å². The molecule has 15 heteroatoms. The van der Waals surface area contributed by atoms with Gasteiger partial charge in [-0.05, 0) is 59.4 Å². The number of nitrogens with one attached hydrogen (secondary N) is 4. The molecule has 2 saturated heterocycles. The summed E-state index contributed by atoms with van der Waals surface area (Å²) in [5.41, 5.74) is 3.66. The summed E-state index contributed by atoms with van der Waals surface area (Å²) in [7, 11) is 0. The molecule has 4 N–H and O–H groups in total. The number of carbonyl (C=O) groups is 8. The molecule has 2 aromatic carbocycles. The summed E-state index contributed by atoms with van der Waals surface area (Å²) in [6.07, 6.45) is 6.77. The lowest BCUT2D eigenvalue weighted by atomic mass is 10.0. The monoisotopic (exact) mass is 696 g/mol. The van der Waals surface area contributed by atoms with Crippen molar-refractivity contribution in [3.63, 3.8) is 0 Å². The zero-order chi connectivity index (χ0) is 36.1. The highest BCUT2D eigenvalue weighted by atomic mass is 16.5. The Bertz CT molecular complexity index is 1750. The van der Waals surface area contributed by atoms with E-state index in [2.05, 4.69) is 21.3 Å². The van der Waals surface area contributed by atoms with E-state index in [0.717, 1.165) is 0 Å². The van der Waals surface area contributed by atoms with Crippen molar-refractivity contribution in [2.24, 2.45) is 0 Å². The highest BCUT2D eigenvalue weighted by Crippen LogP contribution is 2.31. The van der Waals surface area contributed by atoms with Crippen molar-refractivity contribution in [2.45, 2.75) is 50.9 Å². The molecule has 0 radical (unpaired) electrons. The van der Waals surface area contributed by atoms with Gasteiger partial charge in [0.25, 0.3) is 11.8 Å². The van der Waals surface area contributed by atoms with Crippen LogP contribution < -0.4 is 21.3 Å². The van der Waals surface area contributed by atoms with Crippen LogP contribution in [-0.2, 0) is 46.6 Å². The Balaban J connectivity index is 0.898. The standard InChI is InChI=1S/C36H36N6O9/c43-29(11-7-21-3-1-5-23-25(21)19-41(35(23)49)27-9-13-31(45)39-33(27)47)37-15-17-51-18-16-38-30(44)12-8-22-4-2-6-24-26(22)20-42(36(24)50)28-10-14-32(46)40-34(28)48/h1-8,11-12,27-28H,9-10,13-20H2,(H,37,43)(H,38,44)(H,39,45,47)(H,40,46,48)/b11-7+,12-8+. The molecule has 51 heavy (non-hydrogen) atoms. The van der Waals surface area contributed by atoms with Gasteiger partial charge in [0.15, 0.2) is 0 Å². The Morgan fingerprint density at radius 2 is 1.12 bits per heavy atom.